The standard InChI is InChI=1S/C12H20N2O3S2/c1-10(14-4-2-3-5-14)7-13-19(16,17)12-6-11(8-15)9-18-12/h6,9-10,13,15H,2-5,7-8H2,1H3. The van der Waals surface area contributed by atoms with Gasteiger partial charge in [0, 0.05) is 12.6 Å². The molecule has 19 heavy (non-hydrogen) atoms. The minimum absolute atomic E-state index is 0.129. The minimum atomic E-state index is -3.44. The van der Waals surface area contributed by atoms with E-state index in [9.17, 15) is 8.42 Å². The first-order chi connectivity index (χ1) is 9.03. The molecule has 1 atom stereocenters. The van der Waals surface area contributed by atoms with Crippen molar-refractivity contribution in [1.82, 2.24) is 9.62 Å². The predicted molar refractivity (Wildman–Crippen MR) is 75.7 cm³/mol. The van der Waals surface area contributed by atoms with Crippen LogP contribution in [0.15, 0.2) is 15.7 Å². The van der Waals surface area contributed by atoms with Gasteiger partial charge in [-0.25, -0.2) is 13.1 Å². The second-order valence-electron chi connectivity index (χ2n) is 4.88. The summed E-state index contributed by atoms with van der Waals surface area (Å²) in [4.78, 5) is 2.30. The van der Waals surface area contributed by atoms with Crippen LogP contribution in [-0.2, 0) is 16.6 Å². The fourth-order valence-electron chi connectivity index (χ4n) is 2.19. The normalized spacial score (nSPS) is 18.8. The van der Waals surface area contributed by atoms with E-state index in [0.29, 0.717) is 12.1 Å². The van der Waals surface area contributed by atoms with Gasteiger partial charge in [-0.3, -0.25) is 4.90 Å². The molecule has 1 unspecified atom stereocenters. The van der Waals surface area contributed by atoms with Crippen molar-refractivity contribution in [3.8, 4) is 0 Å². The van der Waals surface area contributed by atoms with Crippen molar-refractivity contribution < 1.29 is 13.5 Å². The second-order valence-corrected chi connectivity index (χ2v) is 7.78. The van der Waals surface area contributed by atoms with Gasteiger partial charge in [0.1, 0.15) is 4.21 Å². The minimum Gasteiger partial charge on any atom is -0.392 e. The van der Waals surface area contributed by atoms with Gasteiger partial charge in [0.05, 0.1) is 6.61 Å². The highest BCUT2D eigenvalue weighted by atomic mass is 32.2. The van der Waals surface area contributed by atoms with Crippen LogP contribution in [0.3, 0.4) is 0 Å². The number of nitrogens with zero attached hydrogens (tertiary/aromatic N) is 1. The van der Waals surface area contributed by atoms with Gasteiger partial charge in [0.2, 0.25) is 10.0 Å². The summed E-state index contributed by atoms with van der Waals surface area (Å²) in [6.45, 7) is 4.44. The lowest BCUT2D eigenvalue weighted by molar-refractivity contribution is 0.260. The van der Waals surface area contributed by atoms with Crippen LogP contribution in [0.2, 0.25) is 0 Å². The van der Waals surface area contributed by atoms with Crippen LogP contribution in [0.5, 0.6) is 0 Å². The van der Waals surface area contributed by atoms with Crippen LogP contribution in [0.25, 0.3) is 0 Å². The van der Waals surface area contributed by atoms with Crippen molar-refractivity contribution in [3.05, 3.63) is 17.0 Å². The Morgan fingerprint density at radius 3 is 2.74 bits per heavy atom. The van der Waals surface area contributed by atoms with Crippen LogP contribution in [0, 0.1) is 0 Å². The molecule has 1 aromatic rings. The topological polar surface area (TPSA) is 69.6 Å². The van der Waals surface area contributed by atoms with Crippen molar-refractivity contribution in [2.75, 3.05) is 19.6 Å². The molecule has 5 nitrogen and oxygen atoms in total. The third kappa shape index (κ3) is 3.76. The summed E-state index contributed by atoms with van der Waals surface area (Å²) in [5.41, 5.74) is 0.637. The van der Waals surface area contributed by atoms with Crippen molar-refractivity contribution in [3.63, 3.8) is 0 Å². The zero-order valence-electron chi connectivity index (χ0n) is 11.0. The van der Waals surface area contributed by atoms with E-state index in [1.165, 1.54) is 18.9 Å². The average Bonchev–Trinajstić information content (AvgIpc) is 3.06. The van der Waals surface area contributed by atoms with E-state index in [2.05, 4.69) is 9.62 Å². The van der Waals surface area contributed by atoms with Gasteiger partial charge < -0.3 is 5.11 Å². The fourth-order valence-corrected chi connectivity index (χ4v) is 4.56. The molecule has 0 radical (unpaired) electrons. The Labute approximate surface area is 118 Å². The SMILES string of the molecule is CC(CNS(=O)(=O)c1cc(CO)cs1)N1CCCC1. The van der Waals surface area contributed by atoms with Crippen LogP contribution >= 0.6 is 11.3 Å². The zero-order chi connectivity index (χ0) is 13.9. The highest BCUT2D eigenvalue weighted by Crippen LogP contribution is 2.20. The maximum Gasteiger partial charge on any atom is 0.250 e. The summed E-state index contributed by atoms with van der Waals surface area (Å²) in [5, 5.41) is 10.6. The molecule has 108 valence electrons. The van der Waals surface area contributed by atoms with Gasteiger partial charge in [0.15, 0.2) is 0 Å². The zero-order valence-corrected chi connectivity index (χ0v) is 12.6. The summed E-state index contributed by atoms with van der Waals surface area (Å²) in [7, 11) is -3.44. The molecule has 7 heteroatoms. The monoisotopic (exact) mass is 304 g/mol. The average molecular weight is 304 g/mol. The Kier molecular flexibility index (Phi) is 4.97. The number of sulfonamides is 1. The largest absolute Gasteiger partial charge is 0.392 e. The number of aliphatic hydroxyl groups excluding tert-OH is 1. The first-order valence-electron chi connectivity index (χ1n) is 6.45. The summed E-state index contributed by atoms with van der Waals surface area (Å²) < 4.78 is 27.1. The van der Waals surface area contributed by atoms with Gasteiger partial charge in [-0.05, 0) is 49.9 Å². The smallest absolute Gasteiger partial charge is 0.250 e. The summed E-state index contributed by atoms with van der Waals surface area (Å²) in [6.07, 6.45) is 2.39. The molecule has 1 saturated heterocycles. The Balaban J connectivity index is 1.93. The van der Waals surface area contributed by atoms with Crippen molar-refractivity contribution >= 4 is 21.4 Å². The molecular weight excluding hydrogens is 284 g/mol. The summed E-state index contributed by atoms with van der Waals surface area (Å²) in [6, 6.07) is 1.74. The fraction of sp³-hybridized carbons (Fsp3) is 0.667. The number of aliphatic hydroxyl groups is 1. The highest BCUT2D eigenvalue weighted by Gasteiger charge is 2.21. The third-order valence-corrected chi connectivity index (χ3v) is 6.32. The lowest BCUT2D eigenvalue weighted by Crippen LogP contribution is -2.40. The predicted octanol–water partition coefficient (Wildman–Crippen LogP) is 1.00. The van der Waals surface area contributed by atoms with Crippen LogP contribution < -0.4 is 4.72 Å². The van der Waals surface area contributed by atoms with Crippen molar-refractivity contribution in [2.24, 2.45) is 0 Å². The molecule has 1 aliphatic rings. The first-order valence-corrected chi connectivity index (χ1v) is 8.81. The molecule has 0 aromatic carbocycles. The maximum atomic E-state index is 12.1. The lowest BCUT2D eigenvalue weighted by atomic mass is 10.3. The van der Waals surface area contributed by atoms with Gasteiger partial charge in [0.25, 0.3) is 0 Å². The molecule has 1 aromatic heterocycles. The molecule has 2 heterocycles. The van der Waals surface area contributed by atoms with Crippen LogP contribution in [0.1, 0.15) is 25.3 Å². The molecule has 0 spiro atoms. The Hall–Kier alpha value is -0.470. The van der Waals surface area contributed by atoms with E-state index >= 15 is 0 Å². The van der Waals surface area contributed by atoms with E-state index in [-0.39, 0.29) is 16.9 Å². The van der Waals surface area contributed by atoms with E-state index in [4.69, 9.17) is 5.11 Å². The Morgan fingerprint density at radius 1 is 1.47 bits per heavy atom. The number of hydrogen-bond donors (Lipinski definition) is 2. The third-order valence-electron chi connectivity index (χ3n) is 3.41. The molecule has 0 aliphatic carbocycles. The number of rotatable bonds is 6. The molecule has 2 N–H and O–H groups in total. The molecule has 1 fully saturated rings. The van der Waals surface area contributed by atoms with Gasteiger partial charge >= 0.3 is 0 Å². The van der Waals surface area contributed by atoms with Crippen LogP contribution in [0.4, 0.5) is 0 Å². The molecule has 2 rings (SSSR count). The van der Waals surface area contributed by atoms with Gasteiger partial charge in [-0.1, -0.05) is 0 Å². The Bertz CT molecular complexity index is 507. The van der Waals surface area contributed by atoms with E-state index in [1.807, 2.05) is 6.92 Å². The molecule has 0 bridgehead atoms. The van der Waals surface area contributed by atoms with Crippen molar-refractivity contribution in [1.29, 1.82) is 0 Å². The molecule has 1 aliphatic heterocycles. The van der Waals surface area contributed by atoms with E-state index in [1.54, 1.807) is 5.38 Å². The number of likely N-dealkylation sites (tertiary alicyclic amines) is 1. The van der Waals surface area contributed by atoms with E-state index in [0.717, 1.165) is 24.4 Å². The summed E-state index contributed by atoms with van der Waals surface area (Å²) in [5.74, 6) is 0. The van der Waals surface area contributed by atoms with Crippen molar-refractivity contribution in [2.45, 2.75) is 36.6 Å². The van der Waals surface area contributed by atoms with Gasteiger partial charge in [-0.2, -0.15) is 0 Å². The maximum absolute atomic E-state index is 12.1. The quantitative estimate of drug-likeness (QED) is 0.823. The van der Waals surface area contributed by atoms with Gasteiger partial charge in [-0.15, -0.1) is 11.3 Å². The first kappa shape index (κ1) is 14.9. The molecule has 0 saturated carbocycles. The summed E-state index contributed by atoms with van der Waals surface area (Å²) >= 11 is 1.14. The number of hydrogen-bond acceptors (Lipinski definition) is 5. The highest BCUT2D eigenvalue weighted by molar-refractivity contribution is 7.91. The van der Waals surface area contributed by atoms with E-state index < -0.39 is 10.0 Å². The molecular formula is C12H20N2O3S2. The number of nitrogens with one attached hydrogen (secondary N) is 1. The van der Waals surface area contributed by atoms with Crippen LogP contribution in [-0.4, -0.2) is 44.1 Å². The second kappa shape index (κ2) is 6.32. The lowest BCUT2D eigenvalue weighted by Gasteiger charge is -2.23. The number of thiophene rings is 1. The Morgan fingerprint density at radius 2 is 2.16 bits per heavy atom. The molecule has 0 amide bonds.